The van der Waals surface area contributed by atoms with E-state index in [4.69, 9.17) is 16.3 Å². The lowest BCUT2D eigenvalue weighted by molar-refractivity contribution is -0.376. The van der Waals surface area contributed by atoms with Crippen molar-refractivity contribution in [3.8, 4) is 5.75 Å². The normalized spacial score (nSPS) is 12.9. The molecule has 2 aromatic carbocycles. The predicted molar refractivity (Wildman–Crippen MR) is 83.1 cm³/mol. The molecule has 0 amide bonds. The van der Waals surface area contributed by atoms with Gasteiger partial charge in [0.1, 0.15) is 5.75 Å². The summed E-state index contributed by atoms with van der Waals surface area (Å²) in [6, 6.07) is 11.3. The summed E-state index contributed by atoms with van der Waals surface area (Å²) in [5.41, 5.74) is -5.63. The monoisotopic (exact) mass is 398 g/mol. The minimum atomic E-state index is -6.00. The average molecular weight is 399 g/mol. The van der Waals surface area contributed by atoms with Gasteiger partial charge in [-0.15, -0.1) is 0 Å². The van der Waals surface area contributed by atoms with E-state index in [1.165, 1.54) is 0 Å². The Morgan fingerprint density at radius 2 is 1.46 bits per heavy atom. The van der Waals surface area contributed by atoms with E-state index < -0.39 is 28.5 Å². The highest BCUT2D eigenvalue weighted by atomic mass is 35.5. The molecule has 0 radical (unpaired) electrons. The molecular weight excluding hydrogens is 386 g/mol. The fourth-order valence-corrected chi connectivity index (χ4v) is 2.58. The lowest BCUT2D eigenvalue weighted by Gasteiger charge is -2.33. The van der Waals surface area contributed by atoms with E-state index >= 15 is 0 Å². The van der Waals surface area contributed by atoms with Crippen LogP contribution < -0.4 is 4.74 Å². The Hall–Kier alpha value is -1.93. The van der Waals surface area contributed by atoms with Crippen LogP contribution in [-0.2, 0) is 12.0 Å². The molecule has 2 nitrogen and oxygen atoms in total. The van der Waals surface area contributed by atoms with E-state index in [-0.39, 0.29) is 12.4 Å². The Labute approximate surface area is 150 Å². The van der Waals surface area contributed by atoms with E-state index in [0.717, 1.165) is 17.7 Å². The quantitative estimate of drug-likeness (QED) is 0.695. The molecule has 0 spiro atoms. The Morgan fingerprint density at radius 1 is 0.885 bits per heavy atom. The fourth-order valence-electron chi connectivity index (χ4n) is 2.28. The molecule has 0 aliphatic carbocycles. The number of hydrogen-bond acceptors (Lipinski definition) is 2. The van der Waals surface area contributed by atoms with Gasteiger partial charge in [0.2, 0.25) is 0 Å². The zero-order valence-corrected chi connectivity index (χ0v) is 13.8. The maximum atomic E-state index is 12.9. The van der Waals surface area contributed by atoms with Crippen molar-refractivity contribution >= 4 is 11.6 Å². The highest BCUT2D eigenvalue weighted by Gasteiger charge is 2.72. The molecular formula is C17H13ClF6O2. The van der Waals surface area contributed by atoms with E-state index in [0.29, 0.717) is 12.5 Å². The smallest absolute Gasteiger partial charge is 0.430 e. The summed E-state index contributed by atoms with van der Waals surface area (Å²) in [5, 5.41) is 8.47. The number of benzene rings is 2. The van der Waals surface area contributed by atoms with Crippen molar-refractivity contribution in [3.63, 3.8) is 0 Å². The van der Waals surface area contributed by atoms with Crippen LogP contribution in [0.15, 0.2) is 48.5 Å². The zero-order chi connectivity index (χ0) is 19.6. The first-order valence-corrected chi connectivity index (χ1v) is 7.67. The van der Waals surface area contributed by atoms with Gasteiger partial charge in [-0.05, 0) is 17.7 Å². The van der Waals surface area contributed by atoms with Crippen molar-refractivity contribution in [1.82, 2.24) is 0 Å². The Bertz CT molecular complexity index is 729. The van der Waals surface area contributed by atoms with Gasteiger partial charge in [0.05, 0.1) is 11.6 Å². The molecule has 142 valence electrons. The summed E-state index contributed by atoms with van der Waals surface area (Å²) in [5.74, 6) is -0.0126. The van der Waals surface area contributed by atoms with Gasteiger partial charge in [-0.3, -0.25) is 0 Å². The summed E-state index contributed by atoms with van der Waals surface area (Å²) in [4.78, 5) is 0. The van der Waals surface area contributed by atoms with Gasteiger partial charge >= 0.3 is 12.4 Å². The van der Waals surface area contributed by atoms with Crippen molar-refractivity contribution in [1.29, 1.82) is 0 Å². The summed E-state index contributed by atoms with van der Waals surface area (Å²) in [6.07, 6.45) is -11.5. The molecule has 0 saturated carbocycles. The van der Waals surface area contributed by atoms with Crippen LogP contribution in [0.4, 0.5) is 26.3 Å². The van der Waals surface area contributed by atoms with Gasteiger partial charge in [0, 0.05) is 12.0 Å². The standard InChI is InChI=1S/C17H13ClF6O2/c18-14-10-12(26-9-8-11-4-2-1-3-5-11)6-7-13(14)15(25,16(19,20)21)17(22,23)24/h1-7,10,25H,8-9H2. The van der Waals surface area contributed by atoms with Crippen LogP contribution in [-0.4, -0.2) is 24.1 Å². The third kappa shape index (κ3) is 4.07. The Kier molecular flexibility index (Phi) is 5.77. The van der Waals surface area contributed by atoms with Gasteiger partial charge in [0.15, 0.2) is 0 Å². The van der Waals surface area contributed by atoms with Crippen molar-refractivity contribution in [2.75, 3.05) is 6.61 Å². The van der Waals surface area contributed by atoms with Crippen LogP contribution >= 0.6 is 11.6 Å². The molecule has 0 bridgehead atoms. The number of aliphatic hydroxyl groups is 1. The molecule has 0 aliphatic rings. The highest BCUT2D eigenvalue weighted by molar-refractivity contribution is 6.31. The number of ether oxygens (including phenoxy) is 1. The topological polar surface area (TPSA) is 29.5 Å². The van der Waals surface area contributed by atoms with E-state index in [9.17, 15) is 31.4 Å². The van der Waals surface area contributed by atoms with Crippen molar-refractivity contribution in [2.45, 2.75) is 24.4 Å². The first kappa shape index (κ1) is 20.4. The molecule has 0 fully saturated rings. The van der Waals surface area contributed by atoms with E-state index in [2.05, 4.69) is 0 Å². The van der Waals surface area contributed by atoms with Gasteiger partial charge in [-0.1, -0.05) is 48.0 Å². The third-order valence-electron chi connectivity index (χ3n) is 3.65. The first-order chi connectivity index (χ1) is 12.0. The van der Waals surface area contributed by atoms with Crippen LogP contribution in [0.1, 0.15) is 11.1 Å². The SMILES string of the molecule is OC(c1ccc(OCCc2ccccc2)cc1Cl)(C(F)(F)F)C(F)(F)F. The summed E-state index contributed by atoms with van der Waals surface area (Å²) >= 11 is 5.58. The summed E-state index contributed by atoms with van der Waals surface area (Å²) in [6.45, 7) is 0.141. The number of halogens is 7. The van der Waals surface area contributed by atoms with Gasteiger partial charge in [0.25, 0.3) is 5.60 Å². The van der Waals surface area contributed by atoms with Gasteiger partial charge in [-0.25, -0.2) is 0 Å². The average Bonchev–Trinajstić information content (AvgIpc) is 2.53. The molecule has 1 N–H and O–H groups in total. The van der Waals surface area contributed by atoms with E-state index in [1.54, 1.807) is 0 Å². The summed E-state index contributed by atoms with van der Waals surface area (Å²) in [7, 11) is 0. The number of hydrogen-bond donors (Lipinski definition) is 1. The molecule has 0 atom stereocenters. The largest absolute Gasteiger partial charge is 0.493 e. The number of rotatable bonds is 5. The van der Waals surface area contributed by atoms with Gasteiger partial charge < -0.3 is 9.84 Å². The minimum absolute atomic E-state index is 0.0126. The molecule has 2 aromatic rings. The molecule has 0 aliphatic heterocycles. The van der Waals surface area contributed by atoms with Crippen molar-refractivity contribution < 1.29 is 36.2 Å². The highest BCUT2D eigenvalue weighted by Crippen LogP contribution is 2.52. The molecule has 0 saturated heterocycles. The third-order valence-corrected chi connectivity index (χ3v) is 3.97. The maximum Gasteiger partial charge on any atom is 0.430 e. The molecule has 9 heteroatoms. The zero-order valence-electron chi connectivity index (χ0n) is 13.0. The second-order valence-electron chi connectivity index (χ2n) is 5.43. The second-order valence-corrected chi connectivity index (χ2v) is 5.84. The lowest BCUT2D eigenvalue weighted by Crippen LogP contribution is -2.54. The molecule has 2 rings (SSSR count). The van der Waals surface area contributed by atoms with Crippen molar-refractivity contribution in [3.05, 3.63) is 64.7 Å². The molecule has 0 aromatic heterocycles. The Morgan fingerprint density at radius 3 is 1.96 bits per heavy atom. The van der Waals surface area contributed by atoms with Crippen LogP contribution in [0.2, 0.25) is 5.02 Å². The molecule has 0 heterocycles. The van der Waals surface area contributed by atoms with Crippen LogP contribution in [0.5, 0.6) is 5.75 Å². The fraction of sp³-hybridized carbons (Fsp3) is 0.294. The van der Waals surface area contributed by atoms with Crippen LogP contribution in [0.3, 0.4) is 0 Å². The van der Waals surface area contributed by atoms with E-state index in [1.807, 2.05) is 30.3 Å². The second kappa shape index (κ2) is 7.36. The lowest BCUT2D eigenvalue weighted by atomic mass is 9.92. The minimum Gasteiger partial charge on any atom is -0.493 e. The van der Waals surface area contributed by atoms with Crippen LogP contribution in [0, 0.1) is 0 Å². The van der Waals surface area contributed by atoms with Crippen molar-refractivity contribution in [2.24, 2.45) is 0 Å². The Balaban J connectivity index is 2.20. The molecule has 0 unspecified atom stereocenters. The molecule has 26 heavy (non-hydrogen) atoms. The first-order valence-electron chi connectivity index (χ1n) is 7.29. The predicted octanol–water partition coefficient (Wildman–Crippen LogP) is 5.27. The van der Waals surface area contributed by atoms with Crippen LogP contribution in [0.25, 0.3) is 0 Å². The summed E-state index contributed by atoms with van der Waals surface area (Å²) < 4.78 is 82.7. The number of alkyl halides is 6. The maximum absolute atomic E-state index is 12.9. The van der Waals surface area contributed by atoms with Gasteiger partial charge in [-0.2, -0.15) is 26.3 Å².